The molecule has 1 N–H and O–H groups in total. The van der Waals surface area contributed by atoms with Gasteiger partial charge in [-0.15, -0.1) is 0 Å². The second-order valence-corrected chi connectivity index (χ2v) is 5.99. The molecule has 1 heteroatoms. The van der Waals surface area contributed by atoms with Gasteiger partial charge in [-0.05, 0) is 46.6 Å². The fraction of sp³-hybridized carbons (Fsp3) is 0.875. The Morgan fingerprint density at radius 2 is 1.41 bits per heavy atom. The van der Waals surface area contributed by atoms with E-state index in [9.17, 15) is 0 Å². The number of unbranched alkanes of at least 4 members (excludes halogenated alkanes) is 6. The predicted octanol–water partition coefficient (Wildman–Crippen LogP) is 5.07. The molecule has 0 aliphatic heterocycles. The van der Waals surface area contributed by atoms with E-state index in [1.54, 1.807) is 0 Å². The van der Waals surface area contributed by atoms with Gasteiger partial charge in [0.05, 0.1) is 0 Å². The van der Waals surface area contributed by atoms with Crippen LogP contribution in [0.4, 0.5) is 0 Å². The van der Waals surface area contributed by atoms with E-state index >= 15 is 0 Å². The minimum absolute atomic E-state index is 0.257. The van der Waals surface area contributed by atoms with Gasteiger partial charge in [-0.25, -0.2) is 0 Å². The van der Waals surface area contributed by atoms with E-state index in [0.29, 0.717) is 0 Å². The second kappa shape index (κ2) is 10.8. The van der Waals surface area contributed by atoms with Crippen molar-refractivity contribution in [1.82, 2.24) is 5.32 Å². The molecule has 17 heavy (non-hydrogen) atoms. The van der Waals surface area contributed by atoms with Crippen LogP contribution in [0.1, 0.15) is 79.1 Å². The molecule has 0 aliphatic rings. The largest absolute Gasteiger partial charge is 0.312 e. The molecule has 0 saturated heterocycles. The summed E-state index contributed by atoms with van der Waals surface area (Å²) in [6, 6.07) is 0. The lowest BCUT2D eigenvalue weighted by molar-refractivity contribution is 0.431. The molecule has 0 rings (SSSR count). The van der Waals surface area contributed by atoms with Crippen LogP contribution in [0.15, 0.2) is 12.2 Å². The van der Waals surface area contributed by atoms with Crippen molar-refractivity contribution < 1.29 is 0 Å². The molecule has 0 aromatic carbocycles. The third kappa shape index (κ3) is 15.7. The highest BCUT2D eigenvalue weighted by Crippen LogP contribution is 2.07. The van der Waals surface area contributed by atoms with E-state index in [1.807, 2.05) is 0 Å². The van der Waals surface area contributed by atoms with E-state index in [-0.39, 0.29) is 5.54 Å². The minimum atomic E-state index is 0.257. The Hall–Kier alpha value is -0.300. The van der Waals surface area contributed by atoms with Gasteiger partial charge in [0.2, 0.25) is 0 Å². The molecule has 102 valence electrons. The molecule has 0 amide bonds. The molecule has 1 nitrogen and oxygen atoms in total. The number of hydrogen-bond acceptors (Lipinski definition) is 1. The molecule has 0 atom stereocenters. The average Bonchev–Trinajstić information content (AvgIpc) is 2.24. The summed E-state index contributed by atoms with van der Waals surface area (Å²) in [6.45, 7) is 10.0. The number of hydrogen-bond donors (Lipinski definition) is 1. The second-order valence-electron chi connectivity index (χ2n) is 5.99. The van der Waals surface area contributed by atoms with Gasteiger partial charge in [0.15, 0.2) is 0 Å². The number of nitrogens with one attached hydrogen (secondary N) is 1. The summed E-state index contributed by atoms with van der Waals surface area (Å²) in [5, 5.41) is 3.50. The molecule has 0 saturated carbocycles. The van der Waals surface area contributed by atoms with Gasteiger partial charge < -0.3 is 5.32 Å². The molecule has 0 aromatic heterocycles. The van der Waals surface area contributed by atoms with Gasteiger partial charge >= 0.3 is 0 Å². The zero-order valence-electron chi connectivity index (χ0n) is 12.5. The van der Waals surface area contributed by atoms with Crippen molar-refractivity contribution in [3.05, 3.63) is 12.2 Å². The highest BCUT2D eigenvalue weighted by molar-refractivity contribution is 4.83. The molecule has 0 heterocycles. The summed E-state index contributed by atoms with van der Waals surface area (Å²) >= 11 is 0. The van der Waals surface area contributed by atoms with Crippen LogP contribution in [-0.4, -0.2) is 12.1 Å². The minimum Gasteiger partial charge on any atom is -0.312 e. The van der Waals surface area contributed by atoms with E-state index < -0.39 is 0 Å². The first-order valence-electron chi connectivity index (χ1n) is 7.46. The molecular weight excluding hydrogens is 206 g/mol. The topological polar surface area (TPSA) is 12.0 Å². The lowest BCUT2D eigenvalue weighted by Crippen LogP contribution is -2.36. The predicted molar refractivity (Wildman–Crippen MR) is 79.5 cm³/mol. The highest BCUT2D eigenvalue weighted by atomic mass is 14.9. The van der Waals surface area contributed by atoms with Crippen LogP contribution in [0.5, 0.6) is 0 Å². The molecule has 0 radical (unpaired) electrons. The van der Waals surface area contributed by atoms with Crippen LogP contribution >= 0.6 is 0 Å². The normalized spacial score (nSPS) is 12.5. The summed E-state index contributed by atoms with van der Waals surface area (Å²) in [5.41, 5.74) is 0.257. The Morgan fingerprint density at radius 1 is 0.824 bits per heavy atom. The Morgan fingerprint density at radius 3 is 2.06 bits per heavy atom. The van der Waals surface area contributed by atoms with Gasteiger partial charge in [0.1, 0.15) is 0 Å². The van der Waals surface area contributed by atoms with E-state index in [4.69, 9.17) is 0 Å². The Bertz CT molecular complexity index is 176. The van der Waals surface area contributed by atoms with Crippen LogP contribution in [-0.2, 0) is 0 Å². The van der Waals surface area contributed by atoms with Crippen LogP contribution in [0.3, 0.4) is 0 Å². The molecule has 0 aliphatic carbocycles. The first kappa shape index (κ1) is 16.7. The van der Waals surface area contributed by atoms with Gasteiger partial charge in [0, 0.05) is 5.54 Å². The Balaban J connectivity index is 3.15. The van der Waals surface area contributed by atoms with Crippen LogP contribution < -0.4 is 5.32 Å². The van der Waals surface area contributed by atoms with Crippen molar-refractivity contribution in [1.29, 1.82) is 0 Å². The lowest BCUT2D eigenvalue weighted by Gasteiger charge is -2.19. The number of rotatable bonds is 10. The smallest absolute Gasteiger partial charge is 0.00966 e. The third-order valence-corrected chi connectivity index (χ3v) is 2.86. The van der Waals surface area contributed by atoms with Crippen molar-refractivity contribution in [2.24, 2.45) is 0 Å². The fourth-order valence-corrected chi connectivity index (χ4v) is 1.81. The van der Waals surface area contributed by atoms with Gasteiger partial charge in [-0.3, -0.25) is 0 Å². The van der Waals surface area contributed by atoms with Crippen LogP contribution in [0.25, 0.3) is 0 Å². The maximum atomic E-state index is 3.50. The van der Waals surface area contributed by atoms with Gasteiger partial charge in [-0.2, -0.15) is 0 Å². The summed E-state index contributed by atoms with van der Waals surface area (Å²) in [5.74, 6) is 0. The molecule has 0 aromatic rings. The molecule has 0 unspecified atom stereocenters. The zero-order valence-corrected chi connectivity index (χ0v) is 12.5. The molecular formula is C16H33N. The number of allylic oxidation sites excluding steroid dienone is 1. The SMILES string of the molecule is CCCCCCCC/C=C/CCNC(C)(C)C. The first-order chi connectivity index (χ1) is 8.06. The summed E-state index contributed by atoms with van der Waals surface area (Å²) in [6.07, 6.45) is 15.5. The van der Waals surface area contributed by atoms with Crippen molar-refractivity contribution >= 4 is 0 Å². The quantitative estimate of drug-likeness (QED) is 0.414. The maximum Gasteiger partial charge on any atom is 0.00966 e. The van der Waals surface area contributed by atoms with Crippen molar-refractivity contribution in [3.8, 4) is 0 Å². The monoisotopic (exact) mass is 239 g/mol. The van der Waals surface area contributed by atoms with Crippen LogP contribution in [0, 0.1) is 0 Å². The zero-order chi connectivity index (χ0) is 13.0. The van der Waals surface area contributed by atoms with Crippen molar-refractivity contribution in [2.75, 3.05) is 6.54 Å². The van der Waals surface area contributed by atoms with Crippen molar-refractivity contribution in [3.63, 3.8) is 0 Å². The average molecular weight is 239 g/mol. The lowest BCUT2D eigenvalue weighted by atomic mass is 10.1. The van der Waals surface area contributed by atoms with E-state index in [0.717, 1.165) is 13.0 Å². The summed E-state index contributed by atoms with van der Waals surface area (Å²) < 4.78 is 0. The van der Waals surface area contributed by atoms with Crippen molar-refractivity contribution in [2.45, 2.75) is 84.6 Å². The van der Waals surface area contributed by atoms with Crippen LogP contribution in [0.2, 0.25) is 0 Å². The van der Waals surface area contributed by atoms with E-state index in [2.05, 4.69) is 45.2 Å². The fourth-order valence-electron chi connectivity index (χ4n) is 1.81. The maximum absolute atomic E-state index is 3.50. The first-order valence-corrected chi connectivity index (χ1v) is 7.46. The summed E-state index contributed by atoms with van der Waals surface area (Å²) in [4.78, 5) is 0. The summed E-state index contributed by atoms with van der Waals surface area (Å²) in [7, 11) is 0. The Labute approximate surface area is 109 Å². The molecule has 0 spiro atoms. The third-order valence-electron chi connectivity index (χ3n) is 2.86. The van der Waals surface area contributed by atoms with E-state index in [1.165, 1.54) is 44.9 Å². The molecule has 0 fully saturated rings. The highest BCUT2D eigenvalue weighted by Gasteiger charge is 2.05. The molecule has 0 bridgehead atoms. The van der Waals surface area contributed by atoms with Gasteiger partial charge in [0.25, 0.3) is 0 Å². The van der Waals surface area contributed by atoms with Gasteiger partial charge in [-0.1, -0.05) is 51.2 Å². The Kier molecular flexibility index (Phi) is 10.6. The standard InChI is InChI=1S/C16H33N/c1-5-6-7-8-9-10-11-12-13-14-15-17-16(2,3)4/h12-13,17H,5-11,14-15H2,1-4H3/b13-12+.